The lowest BCUT2D eigenvalue weighted by Gasteiger charge is -2.32. The summed E-state index contributed by atoms with van der Waals surface area (Å²) in [6.07, 6.45) is 7.07. The maximum atomic E-state index is 5.31. The fourth-order valence-corrected chi connectivity index (χ4v) is 2.38. The molecular weight excluding hydrogens is 152 g/mol. The van der Waals surface area contributed by atoms with Gasteiger partial charge in [-0.2, -0.15) is 0 Å². The smallest absolute Gasteiger partial charge is 0.146 e. The predicted octanol–water partition coefficient (Wildman–Crippen LogP) is 2.19. The molecule has 1 heterocycles. The normalized spacial score (nSPS) is 29.0. The van der Waals surface area contributed by atoms with Crippen molar-refractivity contribution in [1.82, 2.24) is 0 Å². The van der Waals surface area contributed by atoms with Crippen LogP contribution in [-0.2, 0) is 9.47 Å². The summed E-state index contributed by atoms with van der Waals surface area (Å²) in [5, 5.41) is 0. The zero-order chi connectivity index (χ0) is 8.23. The highest BCUT2D eigenvalue weighted by atomic mass is 16.7. The van der Waals surface area contributed by atoms with Gasteiger partial charge in [0.15, 0.2) is 0 Å². The fraction of sp³-hybridized carbons (Fsp3) is 1.00. The summed E-state index contributed by atoms with van der Waals surface area (Å²) in [5.74, 6) is 1.58. The second-order valence-corrected chi connectivity index (χ2v) is 4.02. The van der Waals surface area contributed by atoms with Crippen LogP contribution in [0.25, 0.3) is 0 Å². The van der Waals surface area contributed by atoms with E-state index in [1.165, 1.54) is 32.1 Å². The lowest BCUT2D eigenvalue weighted by atomic mass is 9.80. The minimum absolute atomic E-state index is 0.517. The van der Waals surface area contributed by atoms with E-state index in [2.05, 4.69) is 0 Å². The van der Waals surface area contributed by atoms with Crippen LogP contribution in [0.1, 0.15) is 32.1 Å². The van der Waals surface area contributed by atoms with Gasteiger partial charge in [0.05, 0.1) is 13.2 Å². The minimum atomic E-state index is 0.517. The van der Waals surface area contributed by atoms with Crippen molar-refractivity contribution in [2.75, 3.05) is 20.0 Å². The molecule has 0 spiro atoms. The van der Waals surface area contributed by atoms with Crippen molar-refractivity contribution in [2.45, 2.75) is 32.1 Å². The van der Waals surface area contributed by atoms with Crippen LogP contribution >= 0.6 is 0 Å². The molecule has 12 heavy (non-hydrogen) atoms. The van der Waals surface area contributed by atoms with Crippen LogP contribution in [0.3, 0.4) is 0 Å². The molecule has 1 saturated carbocycles. The van der Waals surface area contributed by atoms with Crippen molar-refractivity contribution in [3.63, 3.8) is 0 Å². The van der Waals surface area contributed by atoms with Gasteiger partial charge in [0.1, 0.15) is 6.79 Å². The molecule has 0 unspecified atom stereocenters. The van der Waals surface area contributed by atoms with Gasteiger partial charge in [0.2, 0.25) is 0 Å². The zero-order valence-corrected chi connectivity index (χ0v) is 7.63. The average Bonchev–Trinajstić information content (AvgIpc) is 2.21. The van der Waals surface area contributed by atoms with Crippen molar-refractivity contribution < 1.29 is 9.47 Å². The molecule has 2 heteroatoms. The van der Waals surface area contributed by atoms with Gasteiger partial charge < -0.3 is 9.47 Å². The molecule has 0 atom stereocenters. The Balaban J connectivity index is 1.80. The molecule has 1 aliphatic heterocycles. The molecule has 0 radical (unpaired) electrons. The largest absolute Gasteiger partial charge is 0.355 e. The maximum absolute atomic E-state index is 5.31. The Morgan fingerprint density at radius 1 is 0.750 bits per heavy atom. The van der Waals surface area contributed by atoms with Crippen LogP contribution in [0.15, 0.2) is 0 Å². The first-order valence-electron chi connectivity index (χ1n) is 5.12. The Morgan fingerprint density at radius 2 is 1.42 bits per heavy atom. The summed E-state index contributed by atoms with van der Waals surface area (Å²) in [6.45, 7) is 2.39. The van der Waals surface area contributed by atoms with E-state index in [4.69, 9.17) is 9.47 Å². The van der Waals surface area contributed by atoms with Crippen molar-refractivity contribution >= 4 is 0 Å². The number of ether oxygens (including phenoxy) is 2. The van der Waals surface area contributed by atoms with Gasteiger partial charge in [-0.25, -0.2) is 0 Å². The summed E-state index contributed by atoms with van der Waals surface area (Å²) in [4.78, 5) is 0. The lowest BCUT2D eigenvalue weighted by Crippen LogP contribution is -2.31. The van der Waals surface area contributed by atoms with Crippen LogP contribution in [-0.4, -0.2) is 20.0 Å². The highest BCUT2D eigenvalue weighted by Gasteiger charge is 2.25. The first-order valence-corrected chi connectivity index (χ1v) is 5.12. The summed E-state index contributed by atoms with van der Waals surface area (Å²) < 4.78 is 10.6. The van der Waals surface area contributed by atoms with Gasteiger partial charge in [-0.05, 0) is 5.92 Å². The molecule has 0 N–H and O–H groups in total. The van der Waals surface area contributed by atoms with Crippen LogP contribution in [0.5, 0.6) is 0 Å². The number of hydrogen-bond donors (Lipinski definition) is 0. The molecule has 1 saturated heterocycles. The van der Waals surface area contributed by atoms with E-state index in [-0.39, 0.29) is 0 Å². The molecule has 2 rings (SSSR count). The van der Waals surface area contributed by atoms with Crippen LogP contribution in [0.2, 0.25) is 0 Å². The Hall–Kier alpha value is -0.0800. The van der Waals surface area contributed by atoms with Crippen molar-refractivity contribution in [1.29, 1.82) is 0 Å². The lowest BCUT2D eigenvalue weighted by molar-refractivity contribution is -0.139. The molecule has 0 amide bonds. The summed E-state index contributed by atoms with van der Waals surface area (Å²) in [6, 6.07) is 0. The number of hydrogen-bond acceptors (Lipinski definition) is 2. The third-order valence-corrected chi connectivity index (χ3v) is 3.15. The molecule has 2 fully saturated rings. The molecule has 0 aromatic carbocycles. The van der Waals surface area contributed by atoms with E-state index in [0.29, 0.717) is 12.7 Å². The Labute approximate surface area is 74.2 Å². The Morgan fingerprint density at radius 3 is 2.08 bits per heavy atom. The molecule has 0 bridgehead atoms. The Bertz CT molecular complexity index is 108. The number of rotatable bonds is 1. The molecule has 2 nitrogen and oxygen atoms in total. The van der Waals surface area contributed by atoms with Crippen LogP contribution < -0.4 is 0 Å². The van der Waals surface area contributed by atoms with Crippen LogP contribution in [0.4, 0.5) is 0 Å². The zero-order valence-electron chi connectivity index (χ0n) is 7.63. The first-order chi connectivity index (χ1) is 5.97. The average molecular weight is 170 g/mol. The van der Waals surface area contributed by atoms with Gasteiger partial charge in [0.25, 0.3) is 0 Å². The molecule has 0 aromatic rings. The third kappa shape index (κ3) is 1.99. The minimum Gasteiger partial charge on any atom is -0.355 e. The molecule has 1 aliphatic carbocycles. The van der Waals surface area contributed by atoms with Gasteiger partial charge in [-0.1, -0.05) is 32.1 Å². The van der Waals surface area contributed by atoms with E-state index in [1.807, 2.05) is 0 Å². The van der Waals surface area contributed by atoms with E-state index < -0.39 is 0 Å². The Kier molecular flexibility index (Phi) is 3.01. The van der Waals surface area contributed by atoms with E-state index in [1.54, 1.807) is 0 Å². The standard InChI is InChI=1S/C10H18O2/c1-2-4-9(5-3-1)10-6-11-8-12-7-10/h9-10H,1-8H2. The van der Waals surface area contributed by atoms with E-state index >= 15 is 0 Å². The van der Waals surface area contributed by atoms with Gasteiger partial charge in [-0.3, -0.25) is 0 Å². The third-order valence-electron chi connectivity index (χ3n) is 3.15. The molecule has 0 aromatic heterocycles. The predicted molar refractivity (Wildman–Crippen MR) is 46.8 cm³/mol. The molecular formula is C10H18O2. The monoisotopic (exact) mass is 170 g/mol. The van der Waals surface area contributed by atoms with Crippen molar-refractivity contribution in [2.24, 2.45) is 11.8 Å². The van der Waals surface area contributed by atoms with Gasteiger partial charge >= 0.3 is 0 Å². The van der Waals surface area contributed by atoms with Crippen LogP contribution in [0, 0.1) is 11.8 Å². The van der Waals surface area contributed by atoms with E-state index in [0.717, 1.165) is 19.1 Å². The van der Waals surface area contributed by atoms with E-state index in [9.17, 15) is 0 Å². The van der Waals surface area contributed by atoms with Gasteiger partial charge in [0, 0.05) is 5.92 Å². The highest BCUT2D eigenvalue weighted by molar-refractivity contribution is 4.74. The quantitative estimate of drug-likeness (QED) is 0.600. The maximum Gasteiger partial charge on any atom is 0.146 e. The fourth-order valence-electron chi connectivity index (χ4n) is 2.38. The molecule has 2 aliphatic rings. The highest BCUT2D eigenvalue weighted by Crippen LogP contribution is 2.31. The molecule has 70 valence electrons. The van der Waals surface area contributed by atoms with Crippen molar-refractivity contribution in [3.05, 3.63) is 0 Å². The summed E-state index contributed by atoms with van der Waals surface area (Å²) >= 11 is 0. The first kappa shape index (κ1) is 8.52. The topological polar surface area (TPSA) is 18.5 Å². The second kappa shape index (κ2) is 4.24. The second-order valence-electron chi connectivity index (χ2n) is 4.02. The summed E-state index contributed by atoms with van der Waals surface area (Å²) in [5.41, 5.74) is 0. The van der Waals surface area contributed by atoms with Crippen molar-refractivity contribution in [3.8, 4) is 0 Å². The SMILES string of the molecule is C1CCC(C2COCOC2)CC1. The van der Waals surface area contributed by atoms with Gasteiger partial charge in [-0.15, -0.1) is 0 Å². The summed E-state index contributed by atoms with van der Waals surface area (Å²) in [7, 11) is 0.